The van der Waals surface area contributed by atoms with Gasteiger partial charge in [0.05, 0.1) is 6.54 Å². The Hall–Kier alpha value is -1.10. The van der Waals surface area contributed by atoms with Crippen molar-refractivity contribution in [1.82, 2.24) is 9.03 Å². The number of carboxylic acid groups (broad SMARTS) is 1. The van der Waals surface area contributed by atoms with Crippen LogP contribution in [0.5, 0.6) is 0 Å². The van der Waals surface area contributed by atoms with Crippen LogP contribution in [0.1, 0.15) is 19.3 Å². The number of rotatable bonds is 4. The third kappa shape index (κ3) is 2.95. The minimum absolute atomic E-state index is 0.134. The molecule has 1 rings (SSSR count). The molecule has 1 aliphatic heterocycles. The summed E-state index contributed by atoms with van der Waals surface area (Å²) in [5.41, 5.74) is 0. The van der Waals surface area contributed by atoms with Crippen LogP contribution in [0.25, 0.3) is 0 Å². The number of hydrogen-bond donors (Lipinski definition) is 2. The molecular weight excluding hydrogens is 232 g/mol. The minimum Gasteiger partial charge on any atom is -0.480 e. The van der Waals surface area contributed by atoms with Gasteiger partial charge in [-0.25, -0.2) is 0 Å². The lowest BCUT2D eigenvalue weighted by atomic mass is 10.1. The third-order valence-corrected chi connectivity index (χ3v) is 3.97. The molecule has 7 heteroatoms. The Kier molecular flexibility index (Phi) is 4.29. The molecule has 0 aromatic rings. The zero-order valence-corrected chi connectivity index (χ0v) is 9.53. The maximum Gasteiger partial charge on any atom is 0.322 e. The van der Waals surface area contributed by atoms with E-state index in [1.807, 2.05) is 0 Å². The molecule has 0 spiro atoms. The summed E-state index contributed by atoms with van der Waals surface area (Å²) < 4.78 is 26.6. The van der Waals surface area contributed by atoms with E-state index >= 15 is 0 Å². The van der Waals surface area contributed by atoms with Crippen molar-refractivity contribution in [3.63, 3.8) is 0 Å². The summed E-state index contributed by atoms with van der Waals surface area (Å²) >= 11 is 0. The predicted octanol–water partition coefficient (Wildman–Crippen LogP) is -0.607. The number of terminal acetylenes is 1. The van der Waals surface area contributed by atoms with Crippen LogP contribution in [0.4, 0.5) is 0 Å². The molecule has 0 saturated carbocycles. The van der Waals surface area contributed by atoms with Crippen LogP contribution >= 0.6 is 0 Å². The lowest BCUT2D eigenvalue weighted by Gasteiger charge is -2.31. The zero-order chi connectivity index (χ0) is 12.2. The first kappa shape index (κ1) is 13.0. The van der Waals surface area contributed by atoms with Gasteiger partial charge < -0.3 is 5.11 Å². The van der Waals surface area contributed by atoms with Gasteiger partial charge in [0, 0.05) is 6.54 Å². The van der Waals surface area contributed by atoms with E-state index in [1.165, 1.54) is 0 Å². The highest BCUT2D eigenvalue weighted by atomic mass is 32.2. The van der Waals surface area contributed by atoms with E-state index in [9.17, 15) is 13.2 Å². The van der Waals surface area contributed by atoms with Crippen LogP contribution in [0, 0.1) is 12.3 Å². The molecule has 0 bridgehead atoms. The van der Waals surface area contributed by atoms with Crippen LogP contribution in [0.15, 0.2) is 0 Å². The van der Waals surface area contributed by atoms with Crippen molar-refractivity contribution in [2.24, 2.45) is 0 Å². The maximum atomic E-state index is 11.7. The second-order valence-electron chi connectivity index (χ2n) is 3.49. The smallest absolute Gasteiger partial charge is 0.322 e. The van der Waals surface area contributed by atoms with Gasteiger partial charge >= 0.3 is 5.97 Å². The van der Waals surface area contributed by atoms with E-state index in [2.05, 4.69) is 10.6 Å². The SMILES string of the molecule is C#CCNS(=O)(=O)N1CCCCC1C(=O)O. The van der Waals surface area contributed by atoms with Gasteiger partial charge in [0.2, 0.25) is 0 Å². The molecule has 16 heavy (non-hydrogen) atoms. The highest BCUT2D eigenvalue weighted by Gasteiger charge is 2.36. The van der Waals surface area contributed by atoms with E-state index in [0.717, 1.165) is 10.7 Å². The van der Waals surface area contributed by atoms with Gasteiger partial charge in [0.15, 0.2) is 0 Å². The quantitative estimate of drug-likeness (QED) is 0.648. The summed E-state index contributed by atoms with van der Waals surface area (Å²) in [6.07, 6.45) is 6.68. The average molecular weight is 246 g/mol. The minimum atomic E-state index is -3.78. The second kappa shape index (κ2) is 5.30. The van der Waals surface area contributed by atoms with Gasteiger partial charge in [0.25, 0.3) is 10.2 Å². The van der Waals surface area contributed by atoms with Crippen molar-refractivity contribution < 1.29 is 18.3 Å². The number of piperidine rings is 1. The van der Waals surface area contributed by atoms with Crippen molar-refractivity contribution in [2.45, 2.75) is 25.3 Å². The Balaban J connectivity index is 2.83. The Morgan fingerprint density at radius 2 is 2.25 bits per heavy atom. The zero-order valence-electron chi connectivity index (χ0n) is 8.72. The van der Waals surface area contributed by atoms with Gasteiger partial charge in [-0.2, -0.15) is 17.4 Å². The molecule has 1 unspecified atom stereocenters. The fourth-order valence-corrected chi connectivity index (χ4v) is 2.99. The largest absolute Gasteiger partial charge is 0.480 e. The summed E-state index contributed by atoms with van der Waals surface area (Å²) in [4.78, 5) is 10.9. The van der Waals surface area contributed by atoms with E-state index in [1.54, 1.807) is 0 Å². The molecule has 0 amide bonds. The van der Waals surface area contributed by atoms with Crippen LogP contribution < -0.4 is 4.72 Å². The van der Waals surface area contributed by atoms with E-state index in [-0.39, 0.29) is 13.1 Å². The number of aliphatic carboxylic acids is 1. The highest BCUT2D eigenvalue weighted by Crippen LogP contribution is 2.19. The van der Waals surface area contributed by atoms with Crippen molar-refractivity contribution in [3.8, 4) is 12.3 Å². The highest BCUT2D eigenvalue weighted by molar-refractivity contribution is 7.87. The average Bonchev–Trinajstić information content (AvgIpc) is 2.26. The summed E-state index contributed by atoms with van der Waals surface area (Å²) in [5.74, 6) is 1.02. The summed E-state index contributed by atoms with van der Waals surface area (Å²) in [6, 6.07) is -0.982. The molecular formula is C9H14N2O4S. The van der Waals surface area contributed by atoms with E-state index in [0.29, 0.717) is 12.8 Å². The number of nitrogens with one attached hydrogen (secondary N) is 1. The molecule has 0 radical (unpaired) electrons. The van der Waals surface area contributed by atoms with Crippen LogP contribution in [0.2, 0.25) is 0 Å². The molecule has 1 saturated heterocycles. The van der Waals surface area contributed by atoms with Gasteiger partial charge in [-0.15, -0.1) is 6.42 Å². The topological polar surface area (TPSA) is 86.7 Å². The van der Waals surface area contributed by atoms with Crippen molar-refractivity contribution in [3.05, 3.63) is 0 Å². The number of hydrogen-bond acceptors (Lipinski definition) is 3. The summed E-state index contributed by atoms with van der Waals surface area (Å²) in [7, 11) is -3.78. The monoisotopic (exact) mass is 246 g/mol. The molecule has 1 fully saturated rings. The lowest BCUT2D eigenvalue weighted by molar-refractivity contribution is -0.142. The van der Waals surface area contributed by atoms with Gasteiger partial charge in [-0.05, 0) is 19.3 Å². The molecule has 2 N–H and O–H groups in total. The Bertz CT molecular complexity index is 398. The molecule has 0 aliphatic carbocycles. The fourth-order valence-electron chi connectivity index (χ4n) is 1.66. The predicted molar refractivity (Wildman–Crippen MR) is 57.7 cm³/mol. The molecule has 90 valence electrons. The van der Waals surface area contributed by atoms with Gasteiger partial charge in [-0.1, -0.05) is 5.92 Å². The Labute approximate surface area is 94.8 Å². The van der Waals surface area contributed by atoms with E-state index in [4.69, 9.17) is 11.5 Å². The molecule has 1 aliphatic rings. The first-order valence-electron chi connectivity index (χ1n) is 4.91. The Morgan fingerprint density at radius 1 is 1.56 bits per heavy atom. The molecule has 0 aromatic carbocycles. The normalized spacial score (nSPS) is 22.6. The standard InChI is InChI=1S/C9H14N2O4S/c1-2-6-10-16(14,15)11-7-4-3-5-8(11)9(12)13/h1,8,10H,3-7H2,(H,12,13). The molecule has 0 aromatic heterocycles. The molecule has 1 atom stereocenters. The van der Waals surface area contributed by atoms with E-state index < -0.39 is 22.2 Å². The first-order chi connectivity index (χ1) is 7.49. The lowest BCUT2D eigenvalue weighted by Crippen LogP contribution is -2.52. The summed E-state index contributed by atoms with van der Waals surface area (Å²) in [5, 5.41) is 8.92. The van der Waals surface area contributed by atoms with Gasteiger partial charge in [0.1, 0.15) is 6.04 Å². The first-order valence-corrected chi connectivity index (χ1v) is 6.35. The maximum absolute atomic E-state index is 11.7. The second-order valence-corrected chi connectivity index (χ2v) is 5.20. The van der Waals surface area contributed by atoms with Crippen LogP contribution in [0.3, 0.4) is 0 Å². The molecule has 1 heterocycles. The van der Waals surface area contributed by atoms with Crippen molar-refractivity contribution in [2.75, 3.05) is 13.1 Å². The van der Waals surface area contributed by atoms with Crippen molar-refractivity contribution >= 4 is 16.2 Å². The van der Waals surface area contributed by atoms with Crippen LogP contribution in [-0.4, -0.2) is 42.9 Å². The number of carboxylic acids is 1. The Morgan fingerprint density at radius 3 is 2.81 bits per heavy atom. The number of nitrogens with zero attached hydrogens (tertiary/aromatic N) is 1. The molecule has 6 nitrogen and oxygen atoms in total. The van der Waals surface area contributed by atoms with Crippen molar-refractivity contribution in [1.29, 1.82) is 0 Å². The number of carbonyl (C=O) groups is 1. The van der Waals surface area contributed by atoms with Gasteiger partial charge in [-0.3, -0.25) is 4.79 Å². The third-order valence-electron chi connectivity index (χ3n) is 2.40. The van der Waals surface area contributed by atoms with Crippen LogP contribution in [-0.2, 0) is 15.0 Å². The fraction of sp³-hybridized carbons (Fsp3) is 0.667. The summed E-state index contributed by atoms with van der Waals surface area (Å²) in [6.45, 7) is 0.0854.